The third-order valence-corrected chi connectivity index (χ3v) is 23.1. The van der Waals surface area contributed by atoms with Gasteiger partial charge in [-0.1, -0.05) is 246 Å². The van der Waals surface area contributed by atoms with Crippen molar-refractivity contribution in [3.8, 4) is 51.7 Å². The molecule has 2 aliphatic rings. The minimum Gasteiger partial charge on any atom is -0.493 e. The van der Waals surface area contributed by atoms with Gasteiger partial charge in [-0.3, -0.25) is 34.1 Å². The van der Waals surface area contributed by atoms with Gasteiger partial charge in [0.15, 0.2) is 11.5 Å². The molecule has 9 N–H and O–H groups in total. The fourth-order valence-corrected chi connectivity index (χ4v) is 16.1. The van der Waals surface area contributed by atoms with Crippen molar-refractivity contribution in [2.24, 2.45) is 17.2 Å². The number of pyridine rings is 1. The maximum Gasteiger partial charge on any atom is 0.320 e. The molecule has 12 aromatic carbocycles. The van der Waals surface area contributed by atoms with Gasteiger partial charge in [-0.2, -0.15) is 0 Å². The first-order valence-corrected chi connectivity index (χ1v) is 45.1. The zero-order valence-electron chi connectivity index (χ0n) is 76.2. The molecule has 0 amide bonds. The van der Waals surface area contributed by atoms with E-state index < -0.39 is 36.0 Å². The number of hydrogen-bond donors (Lipinski definition) is 6. The number of carboxylic acids is 3. The van der Waals surface area contributed by atoms with Crippen molar-refractivity contribution in [3.63, 3.8) is 0 Å². The van der Waals surface area contributed by atoms with E-state index in [0.717, 1.165) is 136 Å². The fourth-order valence-electron chi connectivity index (χ4n) is 16.1. The highest BCUT2D eigenvalue weighted by molar-refractivity contribution is 5.87. The molecule has 686 valence electrons. The van der Waals surface area contributed by atoms with E-state index in [-0.39, 0.29) is 6.42 Å². The van der Waals surface area contributed by atoms with Crippen LogP contribution in [0.15, 0.2) is 273 Å². The maximum absolute atomic E-state index is 11.6. The first-order chi connectivity index (χ1) is 64.0. The van der Waals surface area contributed by atoms with E-state index in [1.54, 1.807) is 6.20 Å². The third kappa shape index (κ3) is 29.0. The van der Waals surface area contributed by atoms with Crippen LogP contribution < -0.4 is 59.8 Å². The molecule has 0 saturated heterocycles. The van der Waals surface area contributed by atoms with Gasteiger partial charge in [0.05, 0.1) is 6.61 Å². The minimum absolute atomic E-state index is 0.283. The number of hydrogen-bond acceptors (Lipinski definition) is 19. The second kappa shape index (κ2) is 48.4. The van der Waals surface area contributed by atoms with Gasteiger partial charge in [-0.25, -0.2) is 0 Å². The van der Waals surface area contributed by atoms with Gasteiger partial charge in [-0.15, -0.1) is 0 Å². The summed E-state index contributed by atoms with van der Waals surface area (Å²) in [7, 11) is 0. The summed E-state index contributed by atoms with van der Waals surface area (Å²) in [4.78, 5) is 45.8. The van der Waals surface area contributed by atoms with Crippen molar-refractivity contribution < 1.29 is 72.3 Å². The number of nitrogens with two attached hydrogens (primary N) is 3. The van der Waals surface area contributed by atoms with Crippen molar-refractivity contribution in [1.29, 1.82) is 0 Å². The molecule has 3 heterocycles. The number of fused-ring (bicyclic) bond motifs is 3. The molecular formula is C110H121N7O15. The van der Waals surface area contributed by atoms with Crippen LogP contribution in [0, 0.1) is 41.5 Å². The molecule has 0 spiro atoms. The number of carboxylic acid groups (broad SMARTS) is 3. The topological polar surface area (TPSA) is 296 Å². The van der Waals surface area contributed by atoms with Crippen LogP contribution in [-0.2, 0) is 99.7 Å². The number of aromatic nitrogens is 1. The van der Waals surface area contributed by atoms with Crippen molar-refractivity contribution in [2.45, 2.75) is 171 Å². The van der Waals surface area contributed by atoms with Crippen molar-refractivity contribution in [3.05, 3.63) is 379 Å². The quantitative estimate of drug-likeness (QED) is 0.0207. The van der Waals surface area contributed by atoms with E-state index in [4.69, 9.17) is 59.8 Å². The number of nitrogens with zero attached hydrogens (tertiary/aromatic N) is 4. The smallest absolute Gasteiger partial charge is 0.320 e. The Kier molecular flexibility index (Phi) is 35.2. The molecule has 0 bridgehead atoms. The summed E-state index contributed by atoms with van der Waals surface area (Å²) in [6.07, 6.45) is 6.45. The zero-order chi connectivity index (χ0) is 92.7. The average molecular weight is 1780 g/mol. The van der Waals surface area contributed by atoms with Gasteiger partial charge in [0.1, 0.15) is 105 Å². The Balaban J connectivity index is 0.000000168. The van der Waals surface area contributed by atoms with Gasteiger partial charge in [0.2, 0.25) is 5.75 Å². The number of benzene rings is 12. The second-order valence-corrected chi connectivity index (χ2v) is 34.1. The minimum atomic E-state index is -1.02. The van der Waals surface area contributed by atoms with Crippen LogP contribution in [0.3, 0.4) is 0 Å². The zero-order valence-corrected chi connectivity index (χ0v) is 76.2. The summed E-state index contributed by atoms with van der Waals surface area (Å²) >= 11 is 0. The number of carbonyl (C=O) groups is 3. The Morgan fingerprint density at radius 3 is 1.15 bits per heavy atom. The molecule has 0 unspecified atom stereocenters. The van der Waals surface area contributed by atoms with E-state index in [1.165, 1.54) is 27.8 Å². The SMILES string of the molecule is Cc1cccc(COc2ccccc2CN(CC[C@H](N)C(=O)O)Cc2c(OCc3cccc(C)c3)ccc3ccncc23)c1.Cc1cccc(COc2ccccc2CN(CC[C@H](N)C(=O)O)Cc2cc3c(cc2OCc2cccc(C)c2)CCCO3)c1.Cc1cccc(COc2ccccc2CN(CC[C@H](N)C(=O)O)Cc2ccc3c(c2OCc2cccc(C)c2)OCCO3)c1. The van der Waals surface area contributed by atoms with E-state index in [0.29, 0.717) is 148 Å². The van der Waals surface area contributed by atoms with Crippen LogP contribution in [0.2, 0.25) is 0 Å². The monoisotopic (exact) mass is 1780 g/mol. The van der Waals surface area contributed by atoms with E-state index in [9.17, 15) is 29.7 Å². The van der Waals surface area contributed by atoms with Crippen LogP contribution in [0.4, 0.5) is 0 Å². The Morgan fingerprint density at radius 1 is 0.356 bits per heavy atom. The number of ether oxygens (including phenoxy) is 9. The van der Waals surface area contributed by atoms with Gasteiger partial charge >= 0.3 is 17.9 Å². The van der Waals surface area contributed by atoms with E-state index in [1.807, 2.05) is 140 Å². The number of para-hydroxylation sites is 3. The molecule has 0 fully saturated rings. The molecule has 0 radical (unpaired) electrons. The van der Waals surface area contributed by atoms with E-state index >= 15 is 0 Å². The normalized spacial score (nSPS) is 12.7. The van der Waals surface area contributed by atoms with E-state index in [2.05, 4.69) is 189 Å². The summed E-state index contributed by atoms with van der Waals surface area (Å²) in [6, 6.07) is 84.8. The Labute approximate surface area is 774 Å². The van der Waals surface area contributed by atoms with Crippen LogP contribution in [0.5, 0.6) is 51.7 Å². The second-order valence-electron chi connectivity index (χ2n) is 34.1. The molecule has 2 aliphatic heterocycles. The van der Waals surface area contributed by atoms with Gasteiger partial charge in [0.25, 0.3) is 0 Å². The van der Waals surface area contributed by atoms with Crippen molar-refractivity contribution in [2.75, 3.05) is 39.5 Å². The highest BCUT2D eigenvalue weighted by atomic mass is 16.6. The first kappa shape index (κ1) is 96.0. The van der Waals surface area contributed by atoms with Crippen molar-refractivity contribution in [1.82, 2.24) is 19.7 Å². The number of aryl methyl sites for hydroxylation is 7. The lowest BCUT2D eigenvalue weighted by molar-refractivity contribution is -0.139. The standard InChI is InChI=1S/C37H39N3O4.C37H42N2O5.C36H40N2O6/c1-26-7-5-9-28(19-26)24-43-35-12-4-3-11-31(35)22-40(18-16-34(38)37(41)42)23-33-32-21-39-17-15-30(32)13-14-36(33)44-25-29-10-6-8-27(2)20-29;1-26-8-5-10-28(18-26)24-43-34-14-4-3-12-31(34)22-39(16-15-33(38)37(40)41)23-32-21-35-30(13-7-17-42-35)20-36(32)44-25-29-11-6-9-27(2)19-29;1-25-7-5-9-27(19-25)23-43-32-12-4-3-11-29(32)21-38(16-15-31(37)36(39)40)22-30-13-14-33-35(42-18-17-41-33)34(30)44-24-28-10-6-8-26(2)20-28/h3-15,17,19-21,34H,16,18,22-25,38H2,1-2H3,(H,41,42);3-6,8-12,14,18-21,33H,7,13,15-17,22-25,38H2,1-2H3,(H,40,41);3-14,19-20,31H,15-18,21-24,37H2,1-2H3,(H,39,40)/t34-;33-;31-/m000/s1. The summed E-state index contributed by atoms with van der Waals surface area (Å²) in [5.74, 6) is 3.66. The first-order valence-electron chi connectivity index (χ1n) is 45.1. The summed E-state index contributed by atoms with van der Waals surface area (Å²) in [6.45, 7) is 21.1. The summed E-state index contributed by atoms with van der Waals surface area (Å²) in [5, 5.41) is 30.5. The lowest BCUT2D eigenvalue weighted by Gasteiger charge is -2.28. The lowest BCUT2D eigenvalue weighted by Crippen LogP contribution is -2.35. The number of rotatable bonds is 42. The molecule has 3 atom stereocenters. The molecule has 0 aliphatic carbocycles. The predicted octanol–water partition coefficient (Wildman–Crippen LogP) is 19.4. The summed E-state index contributed by atoms with van der Waals surface area (Å²) < 4.78 is 56.2. The molecular weight excluding hydrogens is 1660 g/mol. The average Bonchev–Trinajstić information content (AvgIpc) is 0.799. The highest BCUT2D eigenvalue weighted by Gasteiger charge is 2.28. The summed E-state index contributed by atoms with van der Waals surface area (Å²) in [5.41, 5.74) is 38.5. The van der Waals surface area contributed by atoms with Crippen molar-refractivity contribution >= 4 is 28.7 Å². The highest BCUT2D eigenvalue weighted by Crippen LogP contribution is 2.44. The largest absolute Gasteiger partial charge is 0.493 e. The Hall–Kier alpha value is -13.6. The van der Waals surface area contributed by atoms with Gasteiger partial charge in [-0.05, 0) is 167 Å². The molecule has 1 aromatic heterocycles. The third-order valence-electron chi connectivity index (χ3n) is 23.1. The lowest BCUT2D eigenvalue weighted by atomic mass is 10.0. The van der Waals surface area contributed by atoms with Crippen LogP contribution in [0.25, 0.3) is 10.8 Å². The molecule has 0 saturated carbocycles. The van der Waals surface area contributed by atoms with Crippen LogP contribution in [0.1, 0.15) is 131 Å². The fraction of sp³-hybridized carbons (Fsp3) is 0.291. The van der Waals surface area contributed by atoms with Gasteiger partial charge < -0.3 is 75.2 Å². The van der Waals surface area contributed by atoms with Crippen LogP contribution >= 0.6 is 0 Å². The Morgan fingerprint density at radius 2 is 0.727 bits per heavy atom. The van der Waals surface area contributed by atoms with Crippen LogP contribution in [-0.4, -0.2) is 110 Å². The molecule has 132 heavy (non-hydrogen) atoms. The molecule has 15 rings (SSSR count). The maximum atomic E-state index is 11.6. The molecule has 13 aromatic rings. The van der Waals surface area contributed by atoms with Gasteiger partial charge in [0, 0.05) is 110 Å². The molecule has 22 nitrogen and oxygen atoms in total. The molecule has 22 heteroatoms. The Bertz CT molecular complexity index is 5880. The number of aliphatic carboxylic acids is 3. The predicted molar refractivity (Wildman–Crippen MR) is 515 cm³/mol.